The van der Waals surface area contributed by atoms with Gasteiger partial charge in [-0.25, -0.2) is 0 Å². The maximum Gasteiger partial charge on any atom is 0.117 e. The Morgan fingerprint density at radius 1 is 0.909 bits per heavy atom. The van der Waals surface area contributed by atoms with E-state index in [4.69, 9.17) is 25.2 Å². The van der Waals surface area contributed by atoms with Crippen molar-refractivity contribution in [3.05, 3.63) is 0 Å². The Labute approximate surface area is 152 Å². The van der Waals surface area contributed by atoms with Crippen LogP contribution >= 0.6 is 0 Å². The first kappa shape index (κ1) is 30.4. The van der Waals surface area contributed by atoms with Gasteiger partial charge in [0, 0.05) is 33.9 Å². The van der Waals surface area contributed by atoms with Gasteiger partial charge in [-0.1, -0.05) is 0 Å². The number of epoxide rings is 1. The summed E-state index contributed by atoms with van der Waals surface area (Å²) in [5.74, 6) is 0. The van der Waals surface area contributed by atoms with E-state index in [1.165, 1.54) is 0 Å². The first-order valence-corrected chi connectivity index (χ1v) is 7.48. The van der Waals surface area contributed by atoms with Gasteiger partial charge in [0.25, 0.3) is 0 Å². The second-order valence-corrected chi connectivity index (χ2v) is 6.98. The summed E-state index contributed by atoms with van der Waals surface area (Å²) in [5, 5.41) is 33.6. The van der Waals surface area contributed by atoms with Gasteiger partial charge >= 0.3 is 0 Å². The van der Waals surface area contributed by atoms with Gasteiger partial charge < -0.3 is 25.2 Å². The zero-order chi connectivity index (χ0) is 18.0. The van der Waals surface area contributed by atoms with Crippen molar-refractivity contribution in [3.8, 4) is 0 Å². The van der Waals surface area contributed by atoms with Crippen molar-refractivity contribution in [1.29, 1.82) is 0 Å². The molecular weight excluding hydrogens is 320 g/mol. The predicted molar refractivity (Wildman–Crippen MR) is 87.3 cm³/mol. The Hall–Kier alpha value is 0.514. The third-order valence-electron chi connectivity index (χ3n) is 2.01. The topological polar surface area (TPSA) is 93.5 Å². The number of hydrogen-bond donors (Lipinski definition) is 4. The van der Waals surface area contributed by atoms with Crippen LogP contribution in [0.25, 0.3) is 0 Å². The van der Waals surface area contributed by atoms with E-state index < -0.39 is 5.60 Å². The minimum absolute atomic E-state index is 0. The van der Waals surface area contributed by atoms with Crippen LogP contribution in [0.4, 0.5) is 0 Å². The molecule has 0 aliphatic carbocycles. The molecule has 1 aliphatic heterocycles. The second kappa shape index (κ2) is 13.9. The fourth-order valence-electron chi connectivity index (χ4n) is 0.785. The van der Waals surface area contributed by atoms with Gasteiger partial charge in [0.15, 0.2) is 0 Å². The maximum absolute atomic E-state index is 9.00. The van der Waals surface area contributed by atoms with Crippen LogP contribution in [-0.4, -0.2) is 56.0 Å². The quantitative estimate of drug-likeness (QED) is 0.425. The molecule has 0 aromatic carbocycles. The van der Waals surface area contributed by atoms with Crippen LogP contribution in [0.1, 0.15) is 69.2 Å². The van der Waals surface area contributed by atoms with Crippen molar-refractivity contribution in [1.82, 2.24) is 0 Å². The summed E-state index contributed by atoms with van der Waals surface area (Å²) >= 11 is 0. The van der Waals surface area contributed by atoms with E-state index >= 15 is 0 Å². The van der Waals surface area contributed by atoms with Crippen LogP contribution in [0.3, 0.4) is 0 Å². The molecule has 3 atom stereocenters. The predicted octanol–water partition coefficient (Wildman–Crippen LogP) is 2.09. The molecule has 136 valence electrons. The first-order chi connectivity index (χ1) is 9.04. The Kier molecular flexibility index (Phi) is 19.2. The smallest absolute Gasteiger partial charge is 0.117 e. The van der Waals surface area contributed by atoms with Gasteiger partial charge in [-0.15, -0.1) is 0 Å². The molecule has 4 N–H and O–H groups in total. The zero-order valence-electron chi connectivity index (χ0n) is 16.0. The van der Waals surface area contributed by atoms with Crippen molar-refractivity contribution < 1.29 is 46.9 Å². The van der Waals surface area contributed by atoms with E-state index in [0.29, 0.717) is 0 Å². The maximum atomic E-state index is 9.00. The Morgan fingerprint density at radius 3 is 1.05 bits per heavy atom. The molecule has 1 aliphatic rings. The molecule has 0 bridgehead atoms. The molecule has 0 saturated carbocycles. The van der Waals surface area contributed by atoms with E-state index in [-0.39, 0.29) is 51.7 Å². The number of ether oxygens (including phenoxy) is 1. The van der Waals surface area contributed by atoms with Gasteiger partial charge in [0.05, 0.1) is 17.8 Å². The Bertz CT molecular complexity index is 222. The number of rotatable bonds is 1. The average Bonchev–Trinajstić information content (AvgIpc) is 2.70. The van der Waals surface area contributed by atoms with Gasteiger partial charge in [0.2, 0.25) is 0 Å². The van der Waals surface area contributed by atoms with Gasteiger partial charge in [-0.05, 0) is 69.2 Å². The van der Waals surface area contributed by atoms with Crippen molar-refractivity contribution >= 4 is 0 Å². The molecule has 1 fully saturated rings. The molecule has 0 radical (unpaired) electrons. The molecule has 0 unspecified atom stereocenters. The molecular formula is C16H38O5Ti. The third-order valence-corrected chi connectivity index (χ3v) is 2.01. The van der Waals surface area contributed by atoms with Crippen molar-refractivity contribution in [2.45, 2.75) is 105 Å². The molecule has 1 rings (SSSR count). The molecule has 0 amide bonds. The van der Waals surface area contributed by atoms with Crippen molar-refractivity contribution in [2.75, 3.05) is 0 Å². The fourth-order valence-corrected chi connectivity index (χ4v) is 0.785. The number of hydrogen-bond acceptors (Lipinski definition) is 5. The van der Waals surface area contributed by atoms with E-state index in [2.05, 4.69) is 0 Å². The van der Waals surface area contributed by atoms with E-state index in [1.54, 1.807) is 55.4 Å². The molecule has 1 saturated heterocycles. The summed E-state index contributed by atoms with van der Waals surface area (Å²) in [4.78, 5) is 0. The van der Waals surface area contributed by atoms with E-state index in [9.17, 15) is 0 Å². The molecule has 0 aromatic rings. The number of aliphatic hydroxyl groups excluding tert-OH is 3. The van der Waals surface area contributed by atoms with Gasteiger partial charge in [-0.3, -0.25) is 0 Å². The summed E-state index contributed by atoms with van der Waals surface area (Å²) in [6.07, 6.45) is -0.431. The summed E-state index contributed by atoms with van der Waals surface area (Å²) < 4.78 is 5.12. The van der Waals surface area contributed by atoms with E-state index in [0.717, 1.165) is 0 Å². The minimum atomic E-state index is -0.500. The summed E-state index contributed by atoms with van der Waals surface area (Å²) in [6, 6.07) is 0. The molecule has 5 nitrogen and oxygen atoms in total. The van der Waals surface area contributed by atoms with Crippen LogP contribution in [0.2, 0.25) is 0 Å². The van der Waals surface area contributed by atoms with Crippen LogP contribution in [0, 0.1) is 0 Å². The van der Waals surface area contributed by atoms with Crippen molar-refractivity contribution in [3.63, 3.8) is 0 Å². The molecule has 0 aromatic heterocycles. The SMILES string of the molecule is CC(C)(C)O.CC(C)O.CC(C)O.C[C@H](O)[C@@]1(C)O[C@H]1C.[Ti]. The molecule has 6 heteroatoms. The normalized spacial score (nSPS) is 23.7. The Balaban J connectivity index is -0.000000103. The molecule has 0 spiro atoms. The monoisotopic (exact) mass is 358 g/mol. The molecule has 1 heterocycles. The Morgan fingerprint density at radius 2 is 1.05 bits per heavy atom. The summed E-state index contributed by atoms with van der Waals surface area (Å²) in [5.41, 5.74) is -0.736. The van der Waals surface area contributed by atoms with Crippen LogP contribution in [0.15, 0.2) is 0 Å². The third kappa shape index (κ3) is 32.5. The van der Waals surface area contributed by atoms with Crippen molar-refractivity contribution in [2.24, 2.45) is 0 Å². The minimum Gasteiger partial charge on any atom is -0.394 e. The van der Waals surface area contributed by atoms with Crippen LogP contribution < -0.4 is 0 Å². The first-order valence-electron chi connectivity index (χ1n) is 7.48. The fraction of sp³-hybridized carbons (Fsp3) is 1.00. The van der Waals surface area contributed by atoms with Gasteiger partial charge in [0.1, 0.15) is 5.60 Å². The average molecular weight is 358 g/mol. The largest absolute Gasteiger partial charge is 0.394 e. The van der Waals surface area contributed by atoms with E-state index in [1.807, 2.05) is 13.8 Å². The zero-order valence-corrected chi connectivity index (χ0v) is 17.6. The summed E-state index contributed by atoms with van der Waals surface area (Å²) in [7, 11) is 0. The molecule has 22 heavy (non-hydrogen) atoms. The standard InChI is InChI=1S/C6H12O2.C4H10O.2C3H8O.Ti/c1-4(7)6(3)5(2)8-6;1-4(2,3)5;2*1-3(2)4;/h4-5,7H,1-3H3;5H,1-3H3;2*3-4H,1-2H3;/t4-,5-,6+;;;;/m0..../s1. The van der Waals surface area contributed by atoms with Crippen LogP contribution in [0.5, 0.6) is 0 Å². The number of aliphatic hydroxyl groups is 4. The van der Waals surface area contributed by atoms with Crippen LogP contribution in [-0.2, 0) is 26.5 Å². The summed E-state index contributed by atoms with van der Waals surface area (Å²) in [6.45, 7) is 17.8. The van der Waals surface area contributed by atoms with Gasteiger partial charge in [-0.2, -0.15) is 0 Å². The second-order valence-electron chi connectivity index (χ2n) is 6.98.